The minimum Gasteiger partial charge on any atom is -0.396 e. The van der Waals surface area contributed by atoms with Crippen molar-refractivity contribution in [2.45, 2.75) is 50.1 Å². The number of likely N-dealkylation sites (tertiary alicyclic amines) is 2. The van der Waals surface area contributed by atoms with Crippen molar-refractivity contribution in [1.29, 1.82) is 0 Å². The van der Waals surface area contributed by atoms with E-state index in [-0.39, 0.29) is 37.7 Å². The van der Waals surface area contributed by atoms with Crippen molar-refractivity contribution >= 4 is 23.6 Å². The summed E-state index contributed by atoms with van der Waals surface area (Å²) in [5.74, 6) is -1.83. The highest BCUT2D eigenvalue weighted by molar-refractivity contribution is 5.97. The summed E-state index contributed by atoms with van der Waals surface area (Å²) < 4.78 is 0. The number of carbonyl (C=O) groups is 4. The lowest BCUT2D eigenvalue weighted by Gasteiger charge is -2.34. The van der Waals surface area contributed by atoms with Crippen molar-refractivity contribution in [2.75, 3.05) is 19.7 Å². The highest BCUT2D eigenvalue weighted by Gasteiger charge is 2.56. The van der Waals surface area contributed by atoms with E-state index in [1.807, 2.05) is 0 Å². The number of amides is 4. The quantitative estimate of drug-likeness (QED) is 0.494. The first kappa shape index (κ1) is 18.2. The van der Waals surface area contributed by atoms with Gasteiger partial charge in [0.05, 0.1) is 6.61 Å². The molecule has 0 bridgehead atoms. The maximum Gasteiger partial charge on any atom is 0.249 e. The molecule has 9 heteroatoms. The maximum atomic E-state index is 13.0. The molecule has 2 fully saturated rings. The summed E-state index contributed by atoms with van der Waals surface area (Å²) in [6.07, 6.45) is 1.65. The van der Waals surface area contributed by atoms with E-state index in [9.17, 15) is 19.2 Å². The molecule has 2 aliphatic rings. The fraction of sp³-hybridized carbons (Fsp3) is 0.733. The van der Waals surface area contributed by atoms with Gasteiger partial charge in [-0.1, -0.05) is 0 Å². The van der Waals surface area contributed by atoms with Gasteiger partial charge in [-0.05, 0) is 25.7 Å². The lowest BCUT2D eigenvalue weighted by atomic mass is 9.93. The zero-order valence-corrected chi connectivity index (χ0v) is 13.6. The predicted molar refractivity (Wildman–Crippen MR) is 83.1 cm³/mol. The van der Waals surface area contributed by atoms with E-state index in [0.717, 1.165) is 0 Å². The van der Waals surface area contributed by atoms with Gasteiger partial charge in [-0.3, -0.25) is 19.2 Å². The van der Waals surface area contributed by atoms with E-state index in [1.54, 1.807) is 0 Å². The smallest absolute Gasteiger partial charge is 0.249 e. The van der Waals surface area contributed by atoms with Crippen molar-refractivity contribution in [3.8, 4) is 0 Å². The van der Waals surface area contributed by atoms with Crippen LogP contribution in [0.2, 0.25) is 0 Å². The minimum atomic E-state index is -0.952. The Morgan fingerprint density at radius 2 is 1.88 bits per heavy atom. The maximum absolute atomic E-state index is 13.0. The minimum absolute atomic E-state index is 0.0318. The molecule has 0 aliphatic carbocycles. The third kappa shape index (κ3) is 3.21. The number of rotatable bonds is 7. The van der Waals surface area contributed by atoms with Crippen LogP contribution in [0.25, 0.3) is 0 Å². The van der Waals surface area contributed by atoms with E-state index in [0.29, 0.717) is 32.4 Å². The van der Waals surface area contributed by atoms with E-state index >= 15 is 0 Å². The van der Waals surface area contributed by atoms with Crippen LogP contribution in [0.15, 0.2) is 0 Å². The second-order valence-electron chi connectivity index (χ2n) is 6.33. The average Bonchev–Trinajstić information content (AvgIpc) is 3.07. The Morgan fingerprint density at radius 3 is 2.46 bits per heavy atom. The molecule has 2 heterocycles. The van der Waals surface area contributed by atoms with Crippen molar-refractivity contribution in [1.82, 2.24) is 9.80 Å². The first-order valence-electron chi connectivity index (χ1n) is 8.13. The fourth-order valence-corrected chi connectivity index (χ4v) is 3.76. The number of hydrogen-bond donors (Lipinski definition) is 3. The van der Waals surface area contributed by atoms with Gasteiger partial charge in [-0.15, -0.1) is 0 Å². The van der Waals surface area contributed by atoms with Gasteiger partial charge in [-0.25, -0.2) is 0 Å². The molecule has 4 amide bonds. The van der Waals surface area contributed by atoms with Gasteiger partial charge in [0.25, 0.3) is 0 Å². The number of aliphatic hydroxyl groups is 1. The van der Waals surface area contributed by atoms with Crippen LogP contribution < -0.4 is 11.5 Å². The molecule has 24 heavy (non-hydrogen) atoms. The summed E-state index contributed by atoms with van der Waals surface area (Å²) in [6, 6.07) is -0.903. The second kappa shape index (κ2) is 7.16. The molecule has 1 unspecified atom stereocenters. The molecule has 5 N–H and O–H groups in total. The number of nitrogens with two attached hydrogens (primary N) is 2. The summed E-state index contributed by atoms with van der Waals surface area (Å²) in [7, 11) is 0. The molecule has 0 aromatic heterocycles. The summed E-state index contributed by atoms with van der Waals surface area (Å²) in [5.41, 5.74) is 9.56. The number of carbonyl (C=O) groups excluding carboxylic acids is 4. The van der Waals surface area contributed by atoms with Gasteiger partial charge in [0.15, 0.2) is 0 Å². The summed E-state index contributed by atoms with van der Waals surface area (Å²) in [5, 5.41) is 8.98. The Balaban J connectivity index is 2.19. The van der Waals surface area contributed by atoms with Gasteiger partial charge in [0.2, 0.25) is 23.6 Å². The molecule has 0 aromatic carbocycles. The van der Waals surface area contributed by atoms with Crippen LogP contribution in [0.1, 0.15) is 38.5 Å². The Bertz CT molecular complexity index is 552. The summed E-state index contributed by atoms with van der Waals surface area (Å²) >= 11 is 0. The highest BCUT2D eigenvalue weighted by Crippen LogP contribution is 2.40. The normalized spacial score (nSPS) is 24.6. The molecule has 9 nitrogen and oxygen atoms in total. The molecule has 0 aromatic rings. The van der Waals surface area contributed by atoms with Crippen molar-refractivity contribution in [3.63, 3.8) is 0 Å². The Kier molecular flexibility index (Phi) is 5.43. The van der Waals surface area contributed by atoms with Crippen LogP contribution in [0.4, 0.5) is 0 Å². The molecule has 134 valence electrons. The fourth-order valence-electron chi connectivity index (χ4n) is 3.76. The van der Waals surface area contributed by atoms with Gasteiger partial charge >= 0.3 is 0 Å². The number of nitrogens with zero attached hydrogens (tertiary/aromatic N) is 2. The molecule has 2 atom stereocenters. The summed E-state index contributed by atoms with van der Waals surface area (Å²) in [4.78, 5) is 50.8. The number of primary amides is 2. The molecule has 0 saturated carbocycles. The van der Waals surface area contributed by atoms with Crippen molar-refractivity contribution in [3.05, 3.63) is 0 Å². The van der Waals surface area contributed by atoms with Crippen molar-refractivity contribution in [2.24, 2.45) is 11.5 Å². The van der Waals surface area contributed by atoms with Gasteiger partial charge in [0, 0.05) is 25.9 Å². The molecule has 2 aliphatic heterocycles. The first-order valence-corrected chi connectivity index (χ1v) is 8.13. The Morgan fingerprint density at radius 1 is 1.17 bits per heavy atom. The monoisotopic (exact) mass is 340 g/mol. The van der Waals surface area contributed by atoms with Gasteiger partial charge in [0.1, 0.15) is 11.6 Å². The van der Waals surface area contributed by atoms with Crippen LogP contribution in [0.3, 0.4) is 0 Å². The van der Waals surface area contributed by atoms with Crippen LogP contribution in [0, 0.1) is 0 Å². The summed E-state index contributed by atoms with van der Waals surface area (Å²) in [6.45, 7) is 0.487. The van der Waals surface area contributed by atoms with E-state index in [1.165, 1.54) is 9.80 Å². The van der Waals surface area contributed by atoms with E-state index < -0.39 is 23.4 Å². The topological polar surface area (TPSA) is 147 Å². The Hall–Kier alpha value is -2.16. The standard InChI is InChI=1S/C15H24N4O5/c16-11(21)3-2-10(13(17)23)18-8-6-15(14(18)24)5-1-7-19(15)12(22)4-9-20/h10,20H,1-9H2,(H2,16,21)(H2,17,23)/t10-,15?/m0/s1. The molecule has 0 radical (unpaired) electrons. The second-order valence-corrected chi connectivity index (χ2v) is 6.33. The van der Waals surface area contributed by atoms with E-state index in [2.05, 4.69) is 0 Å². The molecule has 1 spiro atoms. The van der Waals surface area contributed by atoms with Crippen LogP contribution in [-0.4, -0.2) is 69.8 Å². The molecule has 2 saturated heterocycles. The van der Waals surface area contributed by atoms with E-state index in [4.69, 9.17) is 16.6 Å². The van der Waals surface area contributed by atoms with Crippen LogP contribution in [0.5, 0.6) is 0 Å². The highest BCUT2D eigenvalue weighted by atomic mass is 16.3. The van der Waals surface area contributed by atoms with Crippen LogP contribution in [-0.2, 0) is 19.2 Å². The SMILES string of the molecule is NC(=O)CC[C@@H](C(N)=O)N1CCC2(CCCN2C(=O)CCO)C1=O. The lowest BCUT2D eigenvalue weighted by Crippen LogP contribution is -2.55. The third-order valence-corrected chi connectivity index (χ3v) is 4.91. The largest absolute Gasteiger partial charge is 0.396 e. The van der Waals surface area contributed by atoms with Crippen molar-refractivity contribution < 1.29 is 24.3 Å². The molecule has 2 rings (SSSR count). The average molecular weight is 340 g/mol. The molecular formula is C15H24N4O5. The lowest BCUT2D eigenvalue weighted by molar-refractivity contribution is -0.149. The predicted octanol–water partition coefficient (Wildman–Crippen LogP) is -1.92. The van der Waals surface area contributed by atoms with Crippen LogP contribution >= 0.6 is 0 Å². The van der Waals surface area contributed by atoms with Gasteiger partial charge in [-0.2, -0.15) is 0 Å². The molecular weight excluding hydrogens is 316 g/mol. The third-order valence-electron chi connectivity index (χ3n) is 4.91. The number of hydrogen-bond acceptors (Lipinski definition) is 5. The van der Waals surface area contributed by atoms with Gasteiger partial charge < -0.3 is 26.4 Å². The zero-order valence-electron chi connectivity index (χ0n) is 13.6. The Labute approximate surface area is 139 Å². The zero-order chi connectivity index (χ0) is 17.9. The first-order chi connectivity index (χ1) is 11.3. The number of aliphatic hydroxyl groups excluding tert-OH is 1.